The predicted molar refractivity (Wildman–Crippen MR) is 89.0 cm³/mol. The van der Waals surface area contributed by atoms with Gasteiger partial charge in [-0.05, 0) is 37.5 Å². The summed E-state index contributed by atoms with van der Waals surface area (Å²) in [6.07, 6.45) is 1.29. The molecule has 22 heavy (non-hydrogen) atoms. The monoisotopic (exact) mass is 324 g/mol. The molecule has 0 bridgehead atoms. The Morgan fingerprint density at radius 2 is 2.00 bits per heavy atom. The van der Waals surface area contributed by atoms with Gasteiger partial charge in [0.2, 0.25) is 0 Å². The average Bonchev–Trinajstić information content (AvgIpc) is 3.01. The lowest BCUT2D eigenvalue weighted by molar-refractivity contribution is -0.143. The topological polar surface area (TPSA) is 55.6 Å². The number of hydrogen-bond donors (Lipinski definition) is 1. The van der Waals surface area contributed by atoms with Gasteiger partial charge in [-0.15, -0.1) is 0 Å². The Balaban J connectivity index is 2.00. The van der Waals surface area contributed by atoms with Crippen LogP contribution in [0.3, 0.4) is 0 Å². The van der Waals surface area contributed by atoms with E-state index in [0.29, 0.717) is 6.54 Å². The van der Waals surface area contributed by atoms with Crippen molar-refractivity contribution < 1.29 is 9.53 Å². The van der Waals surface area contributed by atoms with Crippen molar-refractivity contribution in [3.8, 4) is 0 Å². The fraction of sp³-hybridized carbons (Fsp3) is 0.588. The third-order valence-electron chi connectivity index (χ3n) is 4.72. The van der Waals surface area contributed by atoms with Crippen molar-refractivity contribution in [2.45, 2.75) is 50.9 Å². The summed E-state index contributed by atoms with van der Waals surface area (Å²) in [5.41, 5.74) is 6.78. The summed E-state index contributed by atoms with van der Waals surface area (Å²) in [6.45, 7) is 4.66. The summed E-state index contributed by atoms with van der Waals surface area (Å²) in [7, 11) is 1.85. The minimum absolute atomic E-state index is 0.0198. The molecule has 4 atom stereocenters. The molecule has 5 heteroatoms. The lowest BCUT2D eigenvalue weighted by Gasteiger charge is -2.32. The van der Waals surface area contributed by atoms with Crippen molar-refractivity contribution in [3.05, 3.63) is 34.9 Å². The van der Waals surface area contributed by atoms with Gasteiger partial charge >= 0.3 is 0 Å². The minimum Gasteiger partial charge on any atom is -0.364 e. The molecule has 4 nitrogen and oxygen atoms in total. The van der Waals surface area contributed by atoms with Crippen LogP contribution in [0.5, 0.6) is 0 Å². The molecule has 2 N–H and O–H groups in total. The van der Waals surface area contributed by atoms with Gasteiger partial charge in [0, 0.05) is 30.6 Å². The van der Waals surface area contributed by atoms with Gasteiger partial charge in [-0.1, -0.05) is 30.7 Å². The molecule has 1 aromatic carbocycles. The predicted octanol–water partition coefficient (Wildman–Crippen LogP) is 2.80. The standard InChI is InChI=1S/C17H25ClN2O2/c1-11(13-4-6-14(18)7-5-13)12(2)20(3)17(21)16-9-8-15(10-19)22-16/h4-7,11-12,15-16H,8-10,19H2,1-3H3/t11?,12?,15-,16+/m1/s1. The number of carbonyl (C=O) groups is 1. The first-order valence-electron chi connectivity index (χ1n) is 7.81. The average molecular weight is 325 g/mol. The Bertz CT molecular complexity index is 506. The van der Waals surface area contributed by atoms with Gasteiger partial charge in [0.15, 0.2) is 0 Å². The van der Waals surface area contributed by atoms with Crippen molar-refractivity contribution in [3.63, 3.8) is 0 Å². The maximum absolute atomic E-state index is 12.6. The SMILES string of the molecule is CC(c1ccc(Cl)cc1)C(C)N(C)C(=O)[C@@H]1CC[C@H](CN)O1. The van der Waals surface area contributed by atoms with Gasteiger partial charge in [0.05, 0.1) is 6.10 Å². The summed E-state index contributed by atoms with van der Waals surface area (Å²) in [4.78, 5) is 14.4. The van der Waals surface area contributed by atoms with Gasteiger partial charge in [-0.25, -0.2) is 0 Å². The molecule has 0 radical (unpaired) electrons. The minimum atomic E-state index is -0.349. The second-order valence-electron chi connectivity index (χ2n) is 6.09. The molecule has 122 valence electrons. The molecule has 1 saturated heterocycles. The third kappa shape index (κ3) is 3.80. The third-order valence-corrected chi connectivity index (χ3v) is 4.98. The van der Waals surface area contributed by atoms with Crippen LogP contribution in [0.4, 0.5) is 0 Å². The van der Waals surface area contributed by atoms with Crippen molar-refractivity contribution >= 4 is 17.5 Å². The number of hydrogen-bond acceptors (Lipinski definition) is 3. The van der Waals surface area contributed by atoms with E-state index in [2.05, 4.69) is 13.8 Å². The van der Waals surface area contributed by atoms with E-state index < -0.39 is 0 Å². The summed E-state index contributed by atoms with van der Waals surface area (Å²) in [5.74, 6) is 0.266. The molecule has 1 aliphatic heterocycles. The fourth-order valence-corrected chi connectivity index (χ4v) is 2.99. The molecule has 2 rings (SSSR count). The van der Waals surface area contributed by atoms with E-state index in [0.717, 1.165) is 17.9 Å². The van der Waals surface area contributed by atoms with Crippen molar-refractivity contribution in [1.82, 2.24) is 4.90 Å². The van der Waals surface area contributed by atoms with E-state index in [1.54, 1.807) is 4.90 Å². The zero-order valence-corrected chi connectivity index (χ0v) is 14.2. The number of nitrogens with two attached hydrogens (primary N) is 1. The molecule has 2 unspecified atom stereocenters. The number of halogens is 1. The first-order valence-corrected chi connectivity index (χ1v) is 8.19. The molecular weight excluding hydrogens is 300 g/mol. The van der Waals surface area contributed by atoms with Crippen LogP contribution in [-0.4, -0.2) is 42.6 Å². The number of carbonyl (C=O) groups excluding carboxylic acids is 1. The van der Waals surface area contributed by atoms with Gasteiger partial charge in [-0.3, -0.25) is 4.79 Å². The van der Waals surface area contributed by atoms with Crippen LogP contribution in [0.25, 0.3) is 0 Å². The zero-order chi connectivity index (χ0) is 16.3. The van der Waals surface area contributed by atoms with Crippen molar-refractivity contribution in [2.75, 3.05) is 13.6 Å². The van der Waals surface area contributed by atoms with E-state index in [9.17, 15) is 4.79 Å². The number of nitrogens with zero attached hydrogens (tertiary/aromatic N) is 1. The molecule has 1 aromatic rings. The van der Waals surface area contributed by atoms with Gasteiger partial charge in [0.1, 0.15) is 6.10 Å². The second kappa shape index (κ2) is 7.44. The normalized spacial score (nSPS) is 24.0. The first-order chi connectivity index (χ1) is 10.4. The molecule has 1 fully saturated rings. The van der Waals surface area contributed by atoms with Crippen LogP contribution in [-0.2, 0) is 9.53 Å². The van der Waals surface area contributed by atoms with Crippen LogP contribution < -0.4 is 5.73 Å². The number of likely N-dealkylation sites (N-methyl/N-ethyl adjacent to an activating group) is 1. The molecule has 1 amide bonds. The lowest BCUT2D eigenvalue weighted by atomic mass is 9.93. The number of rotatable bonds is 5. The summed E-state index contributed by atoms with van der Waals surface area (Å²) >= 11 is 5.93. The van der Waals surface area contributed by atoms with Gasteiger partial charge < -0.3 is 15.4 Å². The summed E-state index contributed by atoms with van der Waals surface area (Å²) < 4.78 is 5.71. The highest BCUT2D eigenvalue weighted by Gasteiger charge is 2.34. The van der Waals surface area contributed by atoms with Crippen LogP contribution in [0.1, 0.15) is 38.2 Å². The molecule has 0 aliphatic carbocycles. The maximum Gasteiger partial charge on any atom is 0.251 e. The molecular formula is C17H25ClN2O2. The Hall–Kier alpha value is -1.10. The Morgan fingerprint density at radius 3 is 2.55 bits per heavy atom. The second-order valence-corrected chi connectivity index (χ2v) is 6.53. The van der Waals surface area contributed by atoms with E-state index >= 15 is 0 Å². The van der Waals surface area contributed by atoms with Crippen LogP contribution in [0.15, 0.2) is 24.3 Å². The van der Waals surface area contributed by atoms with Crippen LogP contribution in [0, 0.1) is 0 Å². The zero-order valence-electron chi connectivity index (χ0n) is 13.5. The highest BCUT2D eigenvalue weighted by atomic mass is 35.5. The quantitative estimate of drug-likeness (QED) is 0.906. The number of benzene rings is 1. The summed E-state index contributed by atoms with van der Waals surface area (Å²) in [6, 6.07) is 7.87. The Kier molecular flexibility index (Phi) is 5.84. The van der Waals surface area contributed by atoms with E-state index in [-0.39, 0.29) is 30.1 Å². The van der Waals surface area contributed by atoms with E-state index in [1.807, 2.05) is 31.3 Å². The largest absolute Gasteiger partial charge is 0.364 e. The molecule has 1 heterocycles. The smallest absolute Gasteiger partial charge is 0.251 e. The van der Waals surface area contributed by atoms with Gasteiger partial charge in [0.25, 0.3) is 5.91 Å². The molecule has 0 spiro atoms. The lowest BCUT2D eigenvalue weighted by Crippen LogP contribution is -2.44. The Labute approximate surface area is 137 Å². The molecule has 0 saturated carbocycles. The Morgan fingerprint density at radius 1 is 1.36 bits per heavy atom. The fourth-order valence-electron chi connectivity index (χ4n) is 2.87. The van der Waals surface area contributed by atoms with E-state index in [4.69, 9.17) is 22.1 Å². The number of ether oxygens (including phenoxy) is 1. The van der Waals surface area contributed by atoms with E-state index in [1.165, 1.54) is 5.56 Å². The maximum atomic E-state index is 12.6. The molecule has 0 aromatic heterocycles. The summed E-state index contributed by atoms with van der Waals surface area (Å²) in [5, 5.41) is 0.722. The van der Waals surface area contributed by atoms with Gasteiger partial charge in [-0.2, -0.15) is 0 Å². The highest BCUT2D eigenvalue weighted by molar-refractivity contribution is 6.30. The van der Waals surface area contributed by atoms with Crippen LogP contribution in [0.2, 0.25) is 5.02 Å². The van der Waals surface area contributed by atoms with Crippen LogP contribution >= 0.6 is 11.6 Å². The number of amides is 1. The van der Waals surface area contributed by atoms with Crippen molar-refractivity contribution in [1.29, 1.82) is 0 Å². The first kappa shape index (κ1) is 17.3. The van der Waals surface area contributed by atoms with Crippen molar-refractivity contribution in [2.24, 2.45) is 5.73 Å². The highest BCUT2D eigenvalue weighted by Crippen LogP contribution is 2.26. The molecule has 1 aliphatic rings.